The van der Waals surface area contributed by atoms with Gasteiger partial charge in [-0.15, -0.1) is 13.2 Å². The van der Waals surface area contributed by atoms with E-state index in [1.807, 2.05) is 0 Å². The molecule has 1 fully saturated rings. The molecule has 17 heteroatoms. The van der Waals surface area contributed by atoms with E-state index < -0.39 is 47.6 Å². The van der Waals surface area contributed by atoms with Crippen molar-refractivity contribution in [1.82, 2.24) is 15.2 Å². The number of carbonyl (C=O) groups is 4. The molecule has 0 atom stereocenters. The fraction of sp³-hybridized carbons (Fsp3) is 0.375. The molecule has 1 aromatic carbocycles. The van der Waals surface area contributed by atoms with E-state index in [4.69, 9.17) is 9.90 Å². The number of carboxylic acid groups (broad SMARTS) is 1. The van der Waals surface area contributed by atoms with Crippen LogP contribution in [0, 0.1) is 0 Å². The quantitative estimate of drug-likeness (QED) is 0.309. The van der Waals surface area contributed by atoms with E-state index in [0.717, 1.165) is 28.7 Å². The number of aliphatic carboxylic acids is 1. The van der Waals surface area contributed by atoms with Crippen LogP contribution >= 0.6 is 0 Å². The van der Waals surface area contributed by atoms with E-state index in [9.17, 15) is 40.7 Å². The molecule has 0 aliphatic carbocycles. The average molecular weight is 593 g/mol. The minimum Gasteiger partial charge on any atom is -0.475 e. The number of halogens is 6. The van der Waals surface area contributed by atoms with Gasteiger partial charge in [0.05, 0.1) is 17.9 Å². The Balaban J connectivity index is 0.000000745. The molecule has 2 aromatic rings. The molecule has 4 amide bonds. The monoisotopic (exact) mass is 593 g/mol. The first-order chi connectivity index (χ1) is 18.9. The molecule has 2 heterocycles. The third kappa shape index (κ3) is 8.79. The van der Waals surface area contributed by atoms with Crippen LogP contribution in [-0.4, -0.2) is 70.0 Å². The number of nitrogens with one attached hydrogen (secondary N) is 2. The average Bonchev–Trinajstić information content (AvgIpc) is 3.02. The lowest BCUT2D eigenvalue weighted by Crippen LogP contribution is -2.43. The maximum Gasteiger partial charge on any atom is 0.573 e. The predicted molar refractivity (Wildman–Crippen MR) is 131 cm³/mol. The third-order valence-corrected chi connectivity index (χ3v) is 5.41. The van der Waals surface area contributed by atoms with Crippen LogP contribution in [0.15, 0.2) is 42.7 Å². The summed E-state index contributed by atoms with van der Waals surface area (Å²) in [5, 5.41) is 12.2. The number of carboxylic acids is 1. The molecular formula is C24H25F6N5O6. The highest BCUT2D eigenvalue weighted by Gasteiger charge is 2.52. The Bertz CT molecular complexity index is 1270. The smallest absolute Gasteiger partial charge is 0.475 e. The molecule has 0 saturated carbocycles. The van der Waals surface area contributed by atoms with Crippen molar-refractivity contribution >= 4 is 35.2 Å². The molecule has 224 valence electrons. The number of likely N-dealkylation sites (N-methyl/N-ethyl adjacent to an activating group) is 1. The number of amides is 4. The van der Waals surface area contributed by atoms with E-state index >= 15 is 0 Å². The normalized spacial score (nSPS) is 14.9. The van der Waals surface area contributed by atoms with Crippen molar-refractivity contribution in [2.45, 2.75) is 45.4 Å². The number of rotatable bonds is 8. The van der Waals surface area contributed by atoms with Gasteiger partial charge in [0.2, 0.25) is 5.91 Å². The lowest BCUT2D eigenvalue weighted by Gasteiger charge is -2.27. The van der Waals surface area contributed by atoms with Gasteiger partial charge in [-0.05, 0) is 56.3 Å². The first-order valence-electron chi connectivity index (χ1n) is 11.6. The second-order valence-corrected chi connectivity index (χ2v) is 8.78. The second kappa shape index (κ2) is 12.8. The lowest BCUT2D eigenvalue weighted by molar-refractivity contribution is -0.274. The highest BCUT2D eigenvalue weighted by molar-refractivity contribution is 6.23. The van der Waals surface area contributed by atoms with Crippen molar-refractivity contribution in [2.75, 3.05) is 23.3 Å². The largest absolute Gasteiger partial charge is 0.573 e. The van der Waals surface area contributed by atoms with Gasteiger partial charge in [-0.25, -0.2) is 14.5 Å². The van der Waals surface area contributed by atoms with Gasteiger partial charge in [0.1, 0.15) is 5.54 Å². The van der Waals surface area contributed by atoms with Gasteiger partial charge < -0.3 is 25.4 Å². The minimum atomic E-state index is -5.08. The van der Waals surface area contributed by atoms with Crippen molar-refractivity contribution < 1.29 is 55.4 Å². The summed E-state index contributed by atoms with van der Waals surface area (Å²) in [5.41, 5.74) is -0.815. The molecule has 3 N–H and O–H groups in total. The fourth-order valence-electron chi connectivity index (χ4n) is 3.40. The van der Waals surface area contributed by atoms with Gasteiger partial charge in [0, 0.05) is 18.9 Å². The molecule has 41 heavy (non-hydrogen) atoms. The maximum atomic E-state index is 13.2. The highest BCUT2D eigenvalue weighted by atomic mass is 19.4. The Morgan fingerprint density at radius 1 is 1.05 bits per heavy atom. The van der Waals surface area contributed by atoms with E-state index in [-0.39, 0.29) is 24.5 Å². The van der Waals surface area contributed by atoms with E-state index in [1.54, 1.807) is 45.3 Å². The summed E-state index contributed by atoms with van der Waals surface area (Å²) in [6, 6.07) is 5.97. The second-order valence-electron chi connectivity index (χ2n) is 8.78. The van der Waals surface area contributed by atoms with Gasteiger partial charge in [-0.3, -0.25) is 14.6 Å². The van der Waals surface area contributed by atoms with Gasteiger partial charge >= 0.3 is 24.5 Å². The summed E-state index contributed by atoms with van der Waals surface area (Å²) in [6.07, 6.45) is -6.97. The topological polar surface area (TPSA) is 141 Å². The molecule has 0 radical (unpaired) electrons. The number of imide groups is 1. The van der Waals surface area contributed by atoms with E-state index in [1.165, 1.54) is 4.90 Å². The van der Waals surface area contributed by atoms with Crippen molar-refractivity contribution in [2.24, 2.45) is 0 Å². The molecule has 0 unspecified atom stereocenters. The minimum absolute atomic E-state index is 0.00595. The molecule has 1 saturated heterocycles. The zero-order valence-electron chi connectivity index (χ0n) is 21.8. The van der Waals surface area contributed by atoms with Crippen LogP contribution in [0.25, 0.3) is 0 Å². The fourth-order valence-corrected chi connectivity index (χ4v) is 3.40. The summed E-state index contributed by atoms with van der Waals surface area (Å²) in [6.45, 7) is 5.36. The summed E-state index contributed by atoms with van der Waals surface area (Å²) in [4.78, 5) is 53.6. The van der Waals surface area contributed by atoms with Crippen LogP contribution in [0.4, 0.5) is 42.5 Å². The SMILES string of the molecule is CCNCC(=O)Nc1cc(N2C(=O)N(Cc3ccncc3)C(C)(C)C2=O)ccc1OC(F)(F)F.O=C(O)C(F)(F)F. The third-order valence-electron chi connectivity index (χ3n) is 5.41. The Hall–Kier alpha value is -4.41. The van der Waals surface area contributed by atoms with Crippen molar-refractivity contribution in [1.29, 1.82) is 0 Å². The van der Waals surface area contributed by atoms with Gasteiger partial charge in [0.25, 0.3) is 5.91 Å². The van der Waals surface area contributed by atoms with Gasteiger partial charge in [-0.1, -0.05) is 6.92 Å². The lowest BCUT2D eigenvalue weighted by atomic mass is 10.0. The number of anilines is 2. The zero-order chi connectivity index (χ0) is 31.2. The number of carbonyl (C=O) groups excluding carboxylic acids is 3. The van der Waals surface area contributed by atoms with E-state index in [2.05, 4.69) is 20.4 Å². The summed E-state index contributed by atoms with van der Waals surface area (Å²) >= 11 is 0. The number of hydrogen-bond donors (Lipinski definition) is 3. The van der Waals surface area contributed by atoms with Crippen LogP contribution < -0.4 is 20.3 Å². The number of alkyl halides is 6. The Kier molecular flexibility index (Phi) is 10.3. The molecule has 1 aliphatic rings. The summed E-state index contributed by atoms with van der Waals surface area (Å²) < 4.78 is 74.4. The molecule has 0 spiro atoms. The number of hydrogen-bond acceptors (Lipinski definition) is 7. The van der Waals surface area contributed by atoms with Gasteiger partial charge in [0.15, 0.2) is 5.75 Å². The van der Waals surface area contributed by atoms with Crippen LogP contribution in [0.5, 0.6) is 5.75 Å². The van der Waals surface area contributed by atoms with Crippen molar-refractivity contribution in [3.8, 4) is 5.75 Å². The predicted octanol–water partition coefficient (Wildman–Crippen LogP) is 3.91. The standard InChI is InChI=1S/C22H24F3N5O4.C2HF3O2/c1-4-26-12-18(31)28-16-11-15(5-6-17(16)34-22(23,24)25)30-19(32)21(2,3)29(20(30)33)13-14-7-9-27-10-8-14;3-2(4,5)1(6)7/h5-11,26H,4,12-13H2,1-3H3,(H,28,31);(H,6,7). The molecule has 3 rings (SSSR count). The first kappa shape index (κ1) is 32.8. The molecule has 1 aliphatic heterocycles. The molecule has 11 nitrogen and oxygen atoms in total. The zero-order valence-corrected chi connectivity index (χ0v) is 21.8. The van der Waals surface area contributed by atoms with Crippen LogP contribution in [0.2, 0.25) is 0 Å². The maximum absolute atomic E-state index is 13.2. The number of urea groups is 1. The van der Waals surface area contributed by atoms with Crippen molar-refractivity contribution in [3.63, 3.8) is 0 Å². The number of pyridine rings is 1. The van der Waals surface area contributed by atoms with E-state index in [0.29, 0.717) is 6.54 Å². The Morgan fingerprint density at radius 2 is 1.63 bits per heavy atom. The molecule has 0 bridgehead atoms. The number of aromatic nitrogens is 1. The number of benzene rings is 1. The summed E-state index contributed by atoms with van der Waals surface area (Å²) in [7, 11) is 0. The Labute approximate surface area is 229 Å². The molecule has 1 aromatic heterocycles. The highest BCUT2D eigenvalue weighted by Crippen LogP contribution is 2.38. The first-order valence-corrected chi connectivity index (χ1v) is 11.6. The Morgan fingerprint density at radius 3 is 2.15 bits per heavy atom. The van der Waals surface area contributed by atoms with Crippen LogP contribution in [0.3, 0.4) is 0 Å². The number of nitrogens with zero attached hydrogens (tertiary/aromatic N) is 3. The van der Waals surface area contributed by atoms with Crippen LogP contribution in [0.1, 0.15) is 26.3 Å². The van der Waals surface area contributed by atoms with Crippen LogP contribution in [-0.2, 0) is 20.9 Å². The molecular weight excluding hydrogens is 568 g/mol. The summed E-state index contributed by atoms with van der Waals surface area (Å²) in [5.74, 6) is -4.62. The van der Waals surface area contributed by atoms with Gasteiger partial charge in [-0.2, -0.15) is 13.2 Å². The van der Waals surface area contributed by atoms with Crippen molar-refractivity contribution in [3.05, 3.63) is 48.3 Å². The number of ether oxygens (including phenoxy) is 1.